The third-order valence-electron chi connectivity index (χ3n) is 2.98. The third-order valence-corrected chi connectivity index (χ3v) is 2.98. The van der Waals surface area contributed by atoms with Crippen molar-refractivity contribution < 1.29 is 18.0 Å². The smallest absolute Gasteiger partial charge is 0.300 e. The maximum absolute atomic E-state index is 12.7. The first-order chi connectivity index (χ1) is 7.41. The highest BCUT2D eigenvalue weighted by Crippen LogP contribution is 2.51. The predicted octanol–water partition coefficient (Wildman–Crippen LogP) is 3.40. The van der Waals surface area contributed by atoms with E-state index in [9.17, 15) is 18.0 Å². The van der Waals surface area contributed by atoms with Crippen molar-refractivity contribution in [1.29, 1.82) is 0 Å². The van der Waals surface area contributed by atoms with Gasteiger partial charge in [0.25, 0.3) is 0 Å². The van der Waals surface area contributed by atoms with E-state index in [2.05, 4.69) is 0 Å². The zero-order valence-electron chi connectivity index (χ0n) is 8.71. The SMILES string of the molecule is CC(=O)[C@H]1CC1c1ccccc1C(F)(F)F. The molecule has 1 aliphatic rings. The molecule has 2 rings (SSSR count). The van der Waals surface area contributed by atoms with E-state index in [1.54, 1.807) is 6.07 Å². The topological polar surface area (TPSA) is 17.1 Å². The highest BCUT2D eigenvalue weighted by Gasteiger charge is 2.46. The van der Waals surface area contributed by atoms with Gasteiger partial charge in [0.2, 0.25) is 0 Å². The van der Waals surface area contributed by atoms with Crippen LogP contribution in [0.15, 0.2) is 24.3 Å². The van der Waals surface area contributed by atoms with Gasteiger partial charge in [0.15, 0.2) is 0 Å². The molecule has 0 saturated heterocycles. The molecule has 0 spiro atoms. The van der Waals surface area contributed by atoms with Crippen LogP contribution in [0.1, 0.15) is 30.4 Å². The zero-order valence-corrected chi connectivity index (χ0v) is 8.71. The molecule has 0 N–H and O–H groups in total. The first kappa shape index (κ1) is 11.2. The standard InChI is InChI=1S/C12H11F3O/c1-7(16)9-6-10(9)8-4-2-3-5-11(8)12(13,14)15/h2-5,9-10H,6H2,1H3/t9-,10?/m1/s1. The number of carbonyl (C=O) groups excluding carboxylic acids is 1. The monoisotopic (exact) mass is 228 g/mol. The van der Waals surface area contributed by atoms with E-state index >= 15 is 0 Å². The van der Waals surface area contributed by atoms with Crippen molar-refractivity contribution in [3.8, 4) is 0 Å². The minimum atomic E-state index is -4.33. The lowest BCUT2D eigenvalue weighted by atomic mass is 10.0. The molecule has 0 aromatic heterocycles. The minimum absolute atomic E-state index is 0.0259. The number of ketones is 1. The van der Waals surface area contributed by atoms with Crippen LogP contribution in [0.5, 0.6) is 0 Å². The molecule has 0 radical (unpaired) electrons. The lowest BCUT2D eigenvalue weighted by Crippen LogP contribution is -2.09. The van der Waals surface area contributed by atoms with Crippen LogP contribution >= 0.6 is 0 Å². The molecule has 0 amide bonds. The molecule has 1 saturated carbocycles. The summed E-state index contributed by atoms with van der Waals surface area (Å²) in [5, 5.41) is 0. The normalized spacial score (nSPS) is 24.2. The largest absolute Gasteiger partial charge is 0.416 e. The molecule has 4 heteroatoms. The number of hydrogen-bond donors (Lipinski definition) is 0. The average molecular weight is 228 g/mol. The Bertz CT molecular complexity index is 423. The first-order valence-electron chi connectivity index (χ1n) is 5.08. The number of hydrogen-bond acceptors (Lipinski definition) is 1. The van der Waals surface area contributed by atoms with Crippen molar-refractivity contribution in [3.05, 3.63) is 35.4 Å². The fraction of sp³-hybridized carbons (Fsp3) is 0.417. The van der Waals surface area contributed by atoms with Crippen molar-refractivity contribution in [1.82, 2.24) is 0 Å². The van der Waals surface area contributed by atoms with Crippen LogP contribution in [0, 0.1) is 5.92 Å². The van der Waals surface area contributed by atoms with E-state index in [1.165, 1.54) is 19.1 Å². The van der Waals surface area contributed by atoms with Gasteiger partial charge < -0.3 is 0 Å². The third kappa shape index (κ3) is 1.96. The van der Waals surface area contributed by atoms with Gasteiger partial charge in [0.05, 0.1) is 5.56 Å². The van der Waals surface area contributed by atoms with Gasteiger partial charge in [0.1, 0.15) is 5.78 Å². The van der Waals surface area contributed by atoms with Crippen LogP contribution in [0.25, 0.3) is 0 Å². The van der Waals surface area contributed by atoms with E-state index < -0.39 is 11.7 Å². The van der Waals surface area contributed by atoms with Crippen molar-refractivity contribution in [3.63, 3.8) is 0 Å². The van der Waals surface area contributed by atoms with Crippen molar-refractivity contribution in [2.45, 2.75) is 25.4 Å². The van der Waals surface area contributed by atoms with Crippen LogP contribution in [-0.2, 0) is 11.0 Å². The Morgan fingerprint density at radius 2 is 1.94 bits per heavy atom. The Hall–Kier alpha value is -1.32. The second-order valence-electron chi connectivity index (χ2n) is 4.14. The molecule has 1 aliphatic carbocycles. The van der Waals surface area contributed by atoms with Gasteiger partial charge in [-0.1, -0.05) is 18.2 Å². The number of Topliss-reactive ketones (excluding diaryl/α,β-unsaturated/α-hetero) is 1. The van der Waals surface area contributed by atoms with E-state index in [0.29, 0.717) is 6.42 Å². The number of halogens is 3. The van der Waals surface area contributed by atoms with Gasteiger partial charge in [0, 0.05) is 5.92 Å². The molecule has 0 aliphatic heterocycles. The molecule has 1 nitrogen and oxygen atoms in total. The van der Waals surface area contributed by atoms with E-state index in [0.717, 1.165) is 6.07 Å². The molecule has 2 atom stereocenters. The Labute approximate surface area is 91.3 Å². The second-order valence-corrected chi connectivity index (χ2v) is 4.14. The van der Waals surface area contributed by atoms with Crippen LogP contribution in [0.2, 0.25) is 0 Å². The molecule has 1 aromatic carbocycles. The Balaban J connectivity index is 2.33. The summed E-state index contributed by atoms with van der Waals surface area (Å²) in [4.78, 5) is 11.1. The maximum atomic E-state index is 12.7. The molecular formula is C12H11F3O. The van der Waals surface area contributed by atoms with Crippen LogP contribution < -0.4 is 0 Å². The number of carbonyl (C=O) groups is 1. The Kier molecular flexibility index (Phi) is 2.52. The fourth-order valence-electron chi connectivity index (χ4n) is 2.07. The Morgan fingerprint density at radius 3 is 2.44 bits per heavy atom. The van der Waals surface area contributed by atoms with Gasteiger partial charge in [-0.05, 0) is 30.9 Å². The van der Waals surface area contributed by atoms with Crippen LogP contribution in [-0.4, -0.2) is 5.78 Å². The molecule has 1 aromatic rings. The summed E-state index contributed by atoms with van der Waals surface area (Å²) < 4.78 is 38.0. The summed E-state index contributed by atoms with van der Waals surface area (Å²) in [5.41, 5.74) is -0.348. The quantitative estimate of drug-likeness (QED) is 0.758. The summed E-state index contributed by atoms with van der Waals surface area (Å²) in [6.07, 6.45) is -3.79. The summed E-state index contributed by atoms with van der Waals surface area (Å²) in [6.45, 7) is 1.43. The summed E-state index contributed by atoms with van der Waals surface area (Å²) >= 11 is 0. The predicted molar refractivity (Wildman–Crippen MR) is 53.0 cm³/mol. The number of alkyl halides is 3. The van der Waals surface area contributed by atoms with Gasteiger partial charge in [-0.3, -0.25) is 4.79 Å². The minimum Gasteiger partial charge on any atom is -0.300 e. The van der Waals surface area contributed by atoms with Crippen LogP contribution in [0.4, 0.5) is 13.2 Å². The van der Waals surface area contributed by atoms with Gasteiger partial charge in [-0.15, -0.1) is 0 Å². The molecule has 1 fully saturated rings. The molecular weight excluding hydrogens is 217 g/mol. The molecule has 16 heavy (non-hydrogen) atoms. The lowest BCUT2D eigenvalue weighted by Gasteiger charge is -2.11. The Morgan fingerprint density at radius 1 is 1.31 bits per heavy atom. The molecule has 0 heterocycles. The second kappa shape index (κ2) is 3.61. The van der Waals surface area contributed by atoms with Crippen molar-refractivity contribution in [2.75, 3.05) is 0 Å². The maximum Gasteiger partial charge on any atom is 0.416 e. The zero-order chi connectivity index (χ0) is 11.9. The van der Waals surface area contributed by atoms with Crippen molar-refractivity contribution >= 4 is 5.78 Å². The van der Waals surface area contributed by atoms with E-state index in [-0.39, 0.29) is 23.2 Å². The van der Waals surface area contributed by atoms with Gasteiger partial charge >= 0.3 is 6.18 Å². The summed E-state index contributed by atoms with van der Waals surface area (Å²) in [7, 11) is 0. The average Bonchev–Trinajstić information content (AvgIpc) is 2.95. The summed E-state index contributed by atoms with van der Waals surface area (Å²) in [5.74, 6) is -0.485. The van der Waals surface area contributed by atoms with Gasteiger partial charge in [-0.2, -0.15) is 13.2 Å². The van der Waals surface area contributed by atoms with Crippen LogP contribution in [0.3, 0.4) is 0 Å². The molecule has 86 valence electrons. The highest BCUT2D eigenvalue weighted by molar-refractivity contribution is 5.82. The molecule has 1 unspecified atom stereocenters. The number of benzene rings is 1. The van der Waals surface area contributed by atoms with Crippen molar-refractivity contribution in [2.24, 2.45) is 5.92 Å². The fourth-order valence-corrected chi connectivity index (χ4v) is 2.07. The molecule has 0 bridgehead atoms. The highest BCUT2D eigenvalue weighted by atomic mass is 19.4. The number of rotatable bonds is 2. The summed E-state index contributed by atoms with van der Waals surface area (Å²) in [6, 6.07) is 5.50. The van der Waals surface area contributed by atoms with E-state index in [1.807, 2.05) is 0 Å². The van der Waals surface area contributed by atoms with E-state index in [4.69, 9.17) is 0 Å². The first-order valence-corrected chi connectivity index (χ1v) is 5.08. The van der Waals surface area contributed by atoms with Gasteiger partial charge in [-0.25, -0.2) is 0 Å². The lowest BCUT2D eigenvalue weighted by molar-refractivity contribution is -0.138.